The molecule has 2 nitrogen and oxygen atoms in total. The molecule has 1 heterocycles. The highest BCUT2D eigenvalue weighted by Gasteiger charge is 2.40. The van der Waals surface area contributed by atoms with E-state index in [4.69, 9.17) is 0 Å². The topological polar surface area (TPSA) is 20.3 Å². The lowest BCUT2D eigenvalue weighted by Gasteiger charge is -2.40. The van der Waals surface area contributed by atoms with Crippen molar-refractivity contribution in [1.29, 1.82) is 0 Å². The van der Waals surface area contributed by atoms with Crippen LogP contribution in [0.2, 0.25) is 0 Å². The highest BCUT2D eigenvalue weighted by Crippen LogP contribution is 2.51. The minimum atomic E-state index is 0.0858. The van der Waals surface area contributed by atoms with Gasteiger partial charge in [0.1, 0.15) is 0 Å². The molecule has 0 saturated carbocycles. The van der Waals surface area contributed by atoms with Crippen molar-refractivity contribution >= 4 is 35.0 Å². The number of anilines is 1. The van der Waals surface area contributed by atoms with Gasteiger partial charge in [0.25, 0.3) is 0 Å². The van der Waals surface area contributed by atoms with Gasteiger partial charge >= 0.3 is 0 Å². The van der Waals surface area contributed by atoms with Crippen LogP contribution in [0.5, 0.6) is 0 Å². The van der Waals surface area contributed by atoms with E-state index < -0.39 is 0 Å². The molecule has 1 aliphatic heterocycles. The van der Waals surface area contributed by atoms with Gasteiger partial charge in [0.15, 0.2) is 5.78 Å². The first kappa shape index (κ1) is 14.1. The van der Waals surface area contributed by atoms with Gasteiger partial charge in [-0.25, -0.2) is 0 Å². The first-order valence-electron chi connectivity index (χ1n) is 6.99. The van der Waals surface area contributed by atoms with E-state index in [1.54, 1.807) is 0 Å². The monoisotopic (exact) mass is 305 g/mol. The van der Waals surface area contributed by atoms with Crippen molar-refractivity contribution in [3.05, 3.63) is 42.1 Å². The molecule has 1 spiro atoms. The number of thioether (sulfide) groups is 2. The van der Waals surface area contributed by atoms with Crippen LogP contribution in [0.3, 0.4) is 0 Å². The molecule has 1 aromatic rings. The number of carbonyl (C=O) groups excluding carboxylic acids is 1. The Labute approximate surface area is 129 Å². The largest absolute Gasteiger partial charge is 0.348 e. The molecule has 1 saturated heterocycles. The van der Waals surface area contributed by atoms with Crippen molar-refractivity contribution in [2.45, 2.75) is 23.3 Å². The summed E-state index contributed by atoms with van der Waals surface area (Å²) >= 11 is 3.96. The second-order valence-electron chi connectivity index (χ2n) is 5.31. The van der Waals surface area contributed by atoms with Crippen LogP contribution in [0.1, 0.15) is 19.3 Å². The fourth-order valence-corrected chi connectivity index (χ4v) is 6.07. The van der Waals surface area contributed by atoms with Crippen LogP contribution >= 0.6 is 23.5 Å². The molecule has 106 valence electrons. The third-order valence-corrected chi connectivity index (χ3v) is 7.14. The first-order chi connectivity index (χ1) is 9.69. The molecular weight excluding hydrogens is 286 g/mol. The van der Waals surface area contributed by atoms with Crippen molar-refractivity contribution < 1.29 is 4.79 Å². The lowest BCUT2D eigenvalue weighted by molar-refractivity contribution is -0.115. The molecule has 2 aliphatic rings. The van der Waals surface area contributed by atoms with Crippen LogP contribution in [0.4, 0.5) is 5.69 Å². The highest BCUT2D eigenvalue weighted by molar-refractivity contribution is 8.18. The molecule has 20 heavy (non-hydrogen) atoms. The third kappa shape index (κ3) is 2.91. The van der Waals surface area contributed by atoms with Gasteiger partial charge < -0.3 is 4.90 Å². The molecule has 0 N–H and O–H groups in total. The Bertz CT molecular complexity index is 521. The van der Waals surface area contributed by atoms with Gasteiger partial charge in [0, 0.05) is 37.3 Å². The quantitative estimate of drug-likeness (QED) is 0.824. The van der Waals surface area contributed by atoms with Crippen LogP contribution in [-0.4, -0.2) is 28.4 Å². The first-order valence-corrected chi connectivity index (χ1v) is 8.96. The lowest BCUT2D eigenvalue weighted by Crippen LogP contribution is -2.35. The molecule has 1 fully saturated rings. The molecule has 0 amide bonds. The molecule has 0 radical (unpaired) electrons. The van der Waals surface area contributed by atoms with E-state index >= 15 is 0 Å². The fraction of sp³-hybridized carbons (Fsp3) is 0.438. The number of carbonyl (C=O) groups is 1. The Morgan fingerprint density at radius 2 is 1.80 bits per heavy atom. The Morgan fingerprint density at radius 1 is 1.10 bits per heavy atom. The Balaban J connectivity index is 1.84. The molecule has 0 aromatic heterocycles. The summed E-state index contributed by atoms with van der Waals surface area (Å²) in [5, 5.41) is 0. The van der Waals surface area contributed by atoms with Crippen molar-refractivity contribution in [1.82, 2.24) is 0 Å². The van der Waals surface area contributed by atoms with Crippen LogP contribution in [-0.2, 0) is 4.79 Å². The van der Waals surface area contributed by atoms with Crippen molar-refractivity contribution in [2.24, 2.45) is 0 Å². The van der Waals surface area contributed by atoms with E-state index in [0.29, 0.717) is 6.42 Å². The number of rotatable bonds is 2. The van der Waals surface area contributed by atoms with Crippen LogP contribution in [0.25, 0.3) is 0 Å². The maximum atomic E-state index is 12.2. The summed E-state index contributed by atoms with van der Waals surface area (Å²) in [6, 6.07) is 10.3. The average Bonchev–Trinajstić information content (AvgIpc) is 2.47. The van der Waals surface area contributed by atoms with Gasteiger partial charge in [0.05, 0.1) is 4.08 Å². The van der Waals surface area contributed by atoms with Crippen LogP contribution < -0.4 is 4.90 Å². The SMILES string of the molecule is CN(C1=CC(=O)CC2(C1)SCCCS2)c1ccccc1. The van der Waals surface area contributed by atoms with E-state index in [0.717, 1.165) is 17.8 Å². The molecule has 4 heteroatoms. The van der Waals surface area contributed by atoms with Crippen LogP contribution in [0.15, 0.2) is 42.1 Å². The van der Waals surface area contributed by atoms with Gasteiger partial charge in [-0.1, -0.05) is 18.2 Å². The summed E-state index contributed by atoms with van der Waals surface area (Å²) in [5.41, 5.74) is 2.30. The zero-order valence-corrected chi connectivity index (χ0v) is 13.3. The van der Waals surface area contributed by atoms with E-state index in [1.165, 1.54) is 17.9 Å². The van der Waals surface area contributed by atoms with Gasteiger partial charge in [-0.15, -0.1) is 23.5 Å². The summed E-state index contributed by atoms with van der Waals surface area (Å²) in [5.74, 6) is 2.64. The minimum absolute atomic E-state index is 0.0858. The number of para-hydroxylation sites is 1. The fourth-order valence-electron chi connectivity index (χ4n) is 2.75. The number of ketones is 1. The van der Waals surface area contributed by atoms with Gasteiger partial charge in [-0.2, -0.15) is 0 Å². The predicted molar refractivity (Wildman–Crippen MR) is 89.4 cm³/mol. The third-order valence-electron chi connectivity index (χ3n) is 3.81. The summed E-state index contributed by atoms with van der Waals surface area (Å²) in [7, 11) is 2.06. The summed E-state index contributed by atoms with van der Waals surface area (Å²) in [6.45, 7) is 0. The van der Waals surface area contributed by atoms with E-state index in [9.17, 15) is 4.79 Å². The number of benzene rings is 1. The lowest BCUT2D eigenvalue weighted by atomic mass is 10.0. The number of hydrogen-bond donors (Lipinski definition) is 0. The molecule has 0 bridgehead atoms. The molecule has 3 rings (SSSR count). The van der Waals surface area contributed by atoms with E-state index in [2.05, 4.69) is 24.1 Å². The van der Waals surface area contributed by atoms with E-state index in [-0.39, 0.29) is 9.86 Å². The van der Waals surface area contributed by atoms with Gasteiger partial charge in [-0.05, 0) is 30.1 Å². The average molecular weight is 305 g/mol. The summed E-state index contributed by atoms with van der Waals surface area (Å²) < 4.78 is 0.0858. The number of hydrogen-bond acceptors (Lipinski definition) is 4. The summed E-state index contributed by atoms with van der Waals surface area (Å²) in [6.07, 6.45) is 4.78. The Kier molecular flexibility index (Phi) is 4.13. The molecular formula is C16H19NOS2. The minimum Gasteiger partial charge on any atom is -0.348 e. The maximum Gasteiger partial charge on any atom is 0.159 e. The zero-order chi connectivity index (χ0) is 14.0. The zero-order valence-electron chi connectivity index (χ0n) is 11.7. The van der Waals surface area contributed by atoms with E-state index in [1.807, 2.05) is 47.8 Å². The predicted octanol–water partition coefficient (Wildman–Crippen LogP) is 3.94. The Morgan fingerprint density at radius 3 is 2.50 bits per heavy atom. The van der Waals surface area contributed by atoms with Crippen molar-refractivity contribution in [3.63, 3.8) is 0 Å². The second kappa shape index (κ2) is 5.86. The number of nitrogens with zero attached hydrogens (tertiary/aromatic N) is 1. The molecule has 0 atom stereocenters. The highest BCUT2D eigenvalue weighted by atomic mass is 32.2. The molecule has 1 aliphatic carbocycles. The maximum absolute atomic E-state index is 12.2. The standard InChI is InChI=1S/C16H19NOS2/c1-17(13-6-3-2-4-7-13)14-10-15(18)12-16(11-14)19-8-5-9-20-16/h2-4,6-7,10H,5,8-9,11-12H2,1H3. The van der Waals surface area contributed by atoms with Crippen molar-refractivity contribution in [2.75, 3.05) is 23.5 Å². The smallest absolute Gasteiger partial charge is 0.159 e. The number of allylic oxidation sites excluding steroid dienone is 2. The van der Waals surface area contributed by atoms with Gasteiger partial charge in [0.2, 0.25) is 0 Å². The van der Waals surface area contributed by atoms with Crippen molar-refractivity contribution in [3.8, 4) is 0 Å². The summed E-state index contributed by atoms with van der Waals surface area (Å²) in [4.78, 5) is 14.3. The van der Waals surface area contributed by atoms with Gasteiger partial charge in [-0.3, -0.25) is 4.79 Å². The van der Waals surface area contributed by atoms with Crippen LogP contribution in [0, 0.1) is 0 Å². The second-order valence-corrected chi connectivity index (χ2v) is 8.53. The normalized spacial score (nSPS) is 21.6. The Hall–Kier alpha value is -0.870. The molecule has 1 aromatic carbocycles. The molecule has 0 unspecified atom stereocenters.